The molecule has 1 aromatic rings. The van der Waals surface area contributed by atoms with E-state index in [-0.39, 0.29) is 28.4 Å². The number of rotatable bonds is 6. The largest absolute Gasteiger partial charge is 0.496 e. The van der Waals surface area contributed by atoms with Gasteiger partial charge in [0.15, 0.2) is 9.84 Å². The van der Waals surface area contributed by atoms with Crippen molar-refractivity contribution >= 4 is 27.5 Å². The Morgan fingerprint density at radius 1 is 1.52 bits per heavy atom. The van der Waals surface area contributed by atoms with Crippen LogP contribution in [0.25, 0.3) is 0 Å². The molecule has 1 heterocycles. The fourth-order valence-electron chi connectivity index (χ4n) is 2.49. The normalized spacial score (nSPS) is 20.9. The standard InChI is InChI=1S/C15H20FNO4S2/c1-10(13-7-11(16)3-4-14(13)21-2)17-15(18)8-22-12-5-6-23(19,20)9-12/h3-4,7,10,12H,5-6,8-9H2,1-2H3,(H,17,18)/t10-,12-/m1/s1. The Hall–Kier alpha value is -1.28. The van der Waals surface area contributed by atoms with E-state index in [1.807, 2.05) is 0 Å². The SMILES string of the molecule is COc1ccc(F)cc1[C@@H](C)NC(=O)CS[C@@H]1CCS(=O)(=O)C1. The number of hydrogen-bond acceptors (Lipinski definition) is 5. The van der Waals surface area contributed by atoms with Crippen LogP contribution in [0.3, 0.4) is 0 Å². The summed E-state index contributed by atoms with van der Waals surface area (Å²) < 4.78 is 41.3. The third kappa shape index (κ3) is 5.10. The van der Waals surface area contributed by atoms with Crippen molar-refractivity contribution in [2.45, 2.75) is 24.6 Å². The van der Waals surface area contributed by atoms with Gasteiger partial charge in [0.2, 0.25) is 5.91 Å². The van der Waals surface area contributed by atoms with Gasteiger partial charge in [-0.15, -0.1) is 11.8 Å². The van der Waals surface area contributed by atoms with E-state index in [2.05, 4.69) is 5.32 Å². The van der Waals surface area contributed by atoms with Crippen molar-refractivity contribution in [3.8, 4) is 5.75 Å². The minimum Gasteiger partial charge on any atom is -0.496 e. The van der Waals surface area contributed by atoms with Crippen LogP contribution in [0.1, 0.15) is 24.9 Å². The smallest absolute Gasteiger partial charge is 0.230 e. The molecule has 0 unspecified atom stereocenters. The van der Waals surface area contributed by atoms with Gasteiger partial charge in [0.25, 0.3) is 0 Å². The molecule has 2 atom stereocenters. The highest BCUT2D eigenvalue weighted by atomic mass is 32.2. The van der Waals surface area contributed by atoms with Gasteiger partial charge in [-0.2, -0.15) is 0 Å². The van der Waals surface area contributed by atoms with Gasteiger partial charge in [-0.05, 0) is 31.5 Å². The molecule has 1 saturated heterocycles. The maximum Gasteiger partial charge on any atom is 0.230 e. The Kier molecular flexibility index (Phi) is 5.91. The molecule has 0 radical (unpaired) electrons. The highest BCUT2D eigenvalue weighted by Gasteiger charge is 2.28. The van der Waals surface area contributed by atoms with E-state index in [0.29, 0.717) is 17.7 Å². The third-order valence-corrected chi connectivity index (χ3v) is 6.96. The molecule has 1 N–H and O–H groups in total. The Balaban J connectivity index is 1.89. The van der Waals surface area contributed by atoms with E-state index in [1.54, 1.807) is 6.92 Å². The predicted molar refractivity (Wildman–Crippen MR) is 89.0 cm³/mol. The van der Waals surface area contributed by atoms with Gasteiger partial charge in [0, 0.05) is 10.8 Å². The number of thioether (sulfide) groups is 1. The van der Waals surface area contributed by atoms with Crippen LogP contribution < -0.4 is 10.1 Å². The first kappa shape index (κ1) is 18.1. The lowest BCUT2D eigenvalue weighted by Gasteiger charge is -2.18. The predicted octanol–water partition coefficient (Wildman–Crippen LogP) is 1.93. The second-order valence-corrected chi connectivity index (χ2v) is 9.03. The molecule has 1 aliphatic heterocycles. The summed E-state index contributed by atoms with van der Waals surface area (Å²) in [5.74, 6) is 0.420. The van der Waals surface area contributed by atoms with E-state index < -0.39 is 21.7 Å². The zero-order chi connectivity index (χ0) is 17.0. The quantitative estimate of drug-likeness (QED) is 0.838. The van der Waals surface area contributed by atoms with Gasteiger partial charge < -0.3 is 10.1 Å². The van der Waals surface area contributed by atoms with Crippen molar-refractivity contribution in [2.24, 2.45) is 0 Å². The molecular weight excluding hydrogens is 341 g/mol. The van der Waals surface area contributed by atoms with Crippen molar-refractivity contribution < 1.29 is 22.3 Å². The third-order valence-electron chi connectivity index (χ3n) is 3.68. The monoisotopic (exact) mass is 361 g/mol. The molecule has 0 aliphatic carbocycles. The Morgan fingerprint density at radius 2 is 2.26 bits per heavy atom. The molecule has 5 nitrogen and oxygen atoms in total. The lowest BCUT2D eigenvalue weighted by Crippen LogP contribution is -2.29. The zero-order valence-corrected chi connectivity index (χ0v) is 14.7. The summed E-state index contributed by atoms with van der Waals surface area (Å²) in [6.07, 6.45) is 0.591. The molecule has 1 aromatic carbocycles. The summed E-state index contributed by atoms with van der Waals surface area (Å²) in [4.78, 5) is 12.0. The van der Waals surface area contributed by atoms with Crippen LogP contribution in [0.4, 0.5) is 4.39 Å². The maximum atomic E-state index is 13.4. The van der Waals surface area contributed by atoms with Crippen molar-refractivity contribution in [1.82, 2.24) is 5.32 Å². The van der Waals surface area contributed by atoms with Gasteiger partial charge in [-0.25, -0.2) is 12.8 Å². The second-order valence-electron chi connectivity index (χ2n) is 5.51. The molecule has 0 bridgehead atoms. The van der Waals surface area contributed by atoms with Crippen LogP contribution in [-0.4, -0.2) is 43.9 Å². The summed E-state index contributed by atoms with van der Waals surface area (Å²) >= 11 is 1.35. The molecular formula is C15H20FNO4S2. The van der Waals surface area contributed by atoms with E-state index in [4.69, 9.17) is 4.74 Å². The molecule has 23 heavy (non-hydrogen) atoms. The van der Waals surface area contributed by atoms with Crippen molar-refractivity contribution in [3.05, 3.63) is 29.6 Å². The number of hydrogen-bond donors (Lipinski definition) is 1. The van der Waals surface area contributed by atoms with Gasteiger partial charge >= 0.3 is 0 Å². The zero-order valence-electron chi connectivity index (χ0n) is 13.0. The number of benzene rings is 1. The van der Waals surface area contributed by atoms with Crippen LogP contribution >= 0.6 is 11.8 Å². The first-order valence-electron chi connectivity index (χ1n) is 7.25. The molecule has 1 amide bonds. The lowest BCUT2D eigenvalue weighted by atomic mass is 10.1. The van der Waals surface area contributed by atoms with Crippen molar-refractivity contribution in [2.75, 3.05) is 24.4 Å². The summed E-state index contributed by atoms with van der Waals surface area (Å²) in [6.45, 7) is 1.75. The fraction of sp³-hybridized carbons (Fsp3) is 0.533. The Morgan fingerprint density at radius 3 is 2.87 bits per heavy atom. The Labute approximate surface area is 139 Å². The van der Waals surface area contributed by atoms with Crippen molar-refractivity contribution in [3.63, 3.8) is 0 Å². The lowest BCUT2D eigenvalue weighted by molar-refractivity contribution is -0.119. The van der Waals surface area contributed by atoms with Crippen LogP contribution in [-0.2, 0) is 14.6 Å². The van der Waals surface area contributed by atoms with Crippen LogP contribution in [0, 0.1) is 5.82 Å². The van der Waals surface area contributed by atoms with Crippen LogP contribution in [0.2, 0.25) is 0 Å². The number of carbonyl (C=O) groups excluding carboxylic acids is 1. The number of sulfone groups is 1. The highest BCUT2D eigenvalue weighted by Crippen LogP contribution is 2.27. The molecule has 0 saturated carbocycles. The second kappa shape index (κ2) is 7.53. The summed E-state index contributed by atoms with van der Waals surface area (Å²) in [6, 6.07) is 3.75. The van der Waals surface area contributed by atoms with Gasteiger partial charge in [0.1, 0.15) is 11.6 Å². The number of halogens is 1. The number of carbonyl (C=O) groups is 1. The van der Waals surface area contributed by atoms with Gasteiger partial charge in [-0.1, -0.05) is 0 Å². The number of nitrogens with one attached hydrogen (secondary N) is 1. The number of amides is 1. The topological polar surface area (TPSA) is 72.5 Å². The molecule has 1 fully saturated rings. The summed E-state index contributed by atoms with van der Waals surface area (Å²) in [5.41, 5.74) is 0.564. The van der Waals surface area contributed by atoms with Crippen LogP contribution in [0.5, 0.6) is 5.75 Å². The number of methoxy groups -OCH3 is 1. The molecule has 1 aliphatic rings. The Bertz CT molecular complexity index is 678. The average Bonchev–Trinajstić information content (AvgIpc) is 2.84. The molecule has 0 spiro atoms. The van der Waals surface area contributed by atoms with E-state index >= 15 is 0 Å². The highest BCUT2D eigenvalue weighted by molar-refractivity contribution is 8.02. The van der Waals surface area contributed by atoms with Crippen LogP contribution in [0.15, 0.2) is 18.2 Å². The van der Waals surface area contributed by atoms with E-state index in [9.17, 15) is 17.6 Å². The average molecular weight is 361 g/mol. The van der Waals surface area contributed by atoms with Gasteiger partial charge in [0.05, 0.1) is 30.4 Å². The van der Waals surface area contributed by atoms with Crippen molar-refractivity contribution in [1.29, 1.82) is 0 Å². The first-order valence-corrected chi connectivity index (χ1v) is 10.1. The number of ether oxygens (including phenoxy) is 1. The molecule has 2 rings (SSSR count). The fourth-order valence-corrected chi connectivity index (χ4v) is 5.94. The minimum absolute atomic E-state index is 0.0234. The van der Waals surface area contributed by atoms with E-state index in [0.717, 1.165) is 0 Å². The summed E-state index contributed by atoms with van der Waals surface area (Å²) in [7, 11) is -1.45. The van der Waals surface area contributed by atoms with E-state index in [1.165, 1.54) is 37.1 Å². The minimum atomic E-state index is -2.93. The molecule has 128 valence electrons. The summed E-state index contributed by atoms with van der Waals surface area (Å²) in [5, 5.41) is 2.76. The van der Waals surface area contributed by atoms with Gasteiger partial charge in [-0.3, -0.25) is 4.79 Å². The maximum absolute atomic E-state index is 13.4. The molecule has 8 heteroatoms. The first-order chi connectivity index (χ1) is 10.8. The molecule has 0 aromatic heterocycles.